The number of methoxy groups -OCH3 is 1. The van der Waals surface area contributed by atoms with E-state index in [1.165, 1.54) is 0 Å². The maximum Gasteiger partial charge on any atom is 0.223 e. The monoisotopic (exact) mass is 325 g/mol. The molecule has 5 nitrogen and oxygen atoms in total. The van der Waals surface area contributed by atoms with Crippen LogP contribution in [0.4, 0.5) is 5.82 Å². The van der Waals surface area contributed by atoms with Crippen LogP contribution in [0.5, 0.6) is 5.75 Å². The van der Waals surface area contributed by atoms with Gasteiger partial charge in [-0.15, -0.1) is 0 Å². The lowest BCUT2D eigenvalue weighted by molar-refractivity contribution is -0.131. The zero-order valence-electron chi connectivity index (χ0n) is 14.0. The van der Waals surface area contributed by atoms with Crippen molar-refractivity contribution >= 4 is 11.7 Å². The Morgan fingerprint density at radius 3 is 2.54 bits per heavy atom. The molecule has 5 heteroatoms. The Morgan fingerprint density at radius 2 is 1.83 bits per heavy atom. The van der Waals surface area contributed by atoms with Gasteiger partial charge in [-0.05, 0) is 30.2 Å². The molecule has 1 aromatic carbocycles. The summed E-state index contributed by atoms with van der Waals surface area (Å²) in [5.74, 6) is 2.05. The lowest BCUT2D eigenvalue weighted by atomic mass is 10.1. The van der Waals surface area contributed by atoms with Crippen molar-refractivity contribution in [2.24, 2.45) is 0 Å². The lowest BCUT2D eigenvalue weighted by Crippen LogP contribution is -2.49. The molecule has 0 unspecified atom stereocenters. The first-order valence-electron chi connectivity index (χ1n) is 8.33. The third-order valence-electron chi connectivity index (χ3n) is 4.41. The topological polar surface area (TPSA) is 45.7 Å². The van der Waals surface area contributed by atoms with E-state index in [9.17, 15) is 4.79 Å². The summed E-state index contributed by atoms with van der Waals surface area (Å²) >= 11 is 0. The summed E-state index contributed by atoms with van der Waals surface area (Å²) < 4.78 is 5.35. The number of carbonyl (C=O) groups excluding carboxylic acids is 1. The molecule has 0 bridgehead atoms. The largest absolute Gasteiger partial charge is 0.496 e. The van der Waals surface area contributed by atoms with Crippen molar-refractivity contribution in [2.75, 3.05) is 38.2 Å². The van der Waals surface area contributed by atoms with E-state index < -0.39 is 0 Å². The first kappa shape index (κ1) is 16.3. The predicted octanol–water partition coefficient (Wildman–Crippen LogP) is 2.37. The Balaban J connectivity index is 1.50. The van der Waals surface area contributed by atoms with Crippen LogP contribution in [-0.4, -0.2) is 49.1 Å². The number of benzene rings is 1. The summed E-state index contributed by atoms with van der Waals surface area (Å²) in [6.07, 6.45) is 3.04. The number of carbonyl (C=O) groups is 1. The average Bonchev–Trinajstić information content (AvgIpc) is 2.67. The molecule has 1 saturated heterocycles. The number of hydrogen-bond donors (Lipinski definition) is 0. The molecule has 126 valence electrons. The van der Waals surface area contributed by atoms with E-state index in [1.807, 2.05) is 47.4 Å². The number of rotatable bonds is 5. The van der Waals surface area contributed by atoms with Crippen LogP contribution >= 0.6 is 0 Å². The van der Waals surface area contributed by atoms with Crippen molar-refractivity contribution in [1.29, 1.82) is 0 Å². The van der Waals surface area contributed by atoms with Gasteiger partial charge in [0.2, 0.25) is 5.91 Å². The molecule has 1 aliphatic heterocycles. The second-order valence-corrected chi connectivity index (χ2v) is 5.87. The second-order valence-electron chi connectivity index (χ2n) is 5.87. The van der Waals surface area contributed by atoms with Gasteiger partial charge in [0.1, 0.15) is 11.6 Å². The van der Waals surface area contributed by atoms with Crippen LogP contribution in [0.2, 0.25) is 0 Å². The molecule has 1 amide bonds. The van der Waals surface area contributed by atoms with Crippen molar-refractivity contribution < 1.29 is 9.53 Å². The van der Waals surface area contributed by atoms with Crippen LogP contribution in [0.25, 0.3) is 0 Å². The number of para-hydroxylation sites is 1. The predicted molar refractivity (Wildman–Crippen MR) is 94.3 cm³/mol. The fourth-order valence-corrected chi connectivity index (χ4v) is 3.03. The van der Waals surface area contributed by atoms with E-state index in [4.69, 9.17) is 4.74 Å². The molecule has 1 fully saturated rings. The standard InChI is InChI=1S/C19H23N3O2/c1-24-17-7-3-2-6-16(17)9-10-19(23)22-14-12-21(13-15-22)18-8-4-5-11-20-18/h2-8,11H,9-10,12-15H2,1H3. The molecular formula is C19H23N3O2. The van der Waals surface area contributed by atoms with Gasteiger partial charge in [-0.25, -0.2) is 4.98 Å². The van der Waals surface area contributed by atoms with Gasteiger partial charge in [0.25, 0.3) is 0 Å². The van der Waals surface area contributed by atoms with E-state index in [2.05, 4.69) is 9.88 Å². The number of amides is 1. The average molecular weight is 325 g/mol. The first-order chi connectivity index (χ1) is 11.8. The number of pyridine rings is 1. The Kier molecular flexibility index (Phi) is 5.31. The summed E-state index contributed by atoms with van der Waals surface area (Å²) in [5, 5.41) is 0. The first-order valence-corrected chi connectivity index (χ1v) is 8.33. The summed E-state index contributed by atoms with van der Waals surface area (Å²) in [7, 11) is 1.66. The van der Waals surface area contributed by atoms with Gasteiger partial charge in [0, 0.05) is 38.8 Å². The molecule has 0 N–H and O–H groups in total. The van der Waals surface area contributed by atoms with Crippen LogP contribution < -0.4 is 9.64 Å². The maximum absolute atomic E-state index is 12.5. The zero-order chi connectivity index (χ0) is 16.8. The minimum Gasteiger partial charge on any atom is -0.496 e. The SMILES string of the molecule is COc1ccccc1CCC(=O)N1CCN(c2ccccn2)CC1. The molecule has 0 aliphatic carbocycles. The van der Waals surface area contributed by atoms with Gasteiger partial charge in [-0.1, -0.05) is 24.3 Å². The van der Waals surface area contributed by atoms with Crippen LogP contribution in [0.1, 0.15) is 12.0 Å². The van der Waals surface area contributed by atoms with Crippen molar-refractivity contribution in [3.63, 3.8) is 0 Å². The summed E-state index contributed by atoms with van der Waals surface area (Å²) in [6.45, 7) is 3.16. The Hall–Kier alpha value is -2.56. The Bertz CT molecular complexity index is 667. The number of hydrogen-bond acceptors (Lipinski definition) is 4. The summed E-state index contributed by atoms with van der Waals surface area (Å²) in [6, 6.07) is 13.8. The molecule has 2 heterocycles. The third-order valence-corrected chi connectivity index (χ3v) is 4.41. The van der Waals surface area contributed by atoms with Gasteiger partial charge >= 0.3 is 0 Å². The van der Waals surface area contributed by atoms with Crippen LogP contribution in [-0.2, 0) is 11.2 Å². The van der Waals surface area contributed by atoms with Gasteiger partial charge in [0.05, 0.1) is 7.11 Å². The van der Waals surface area contributed by atoms with E-state index in [-0.39, 0.29) is 5.91 Å². The highest BCUT2D eigenvalue weighted by molar-refractivity contribution is 5.77. The quantitative estimate of drug-likeness (QED) is 0.847. The highest BCUT2D eigenvalue weighted by Crippen LogP contribution is 2.20. The minimum absolute atomic E-state index is 0.210. The van der Waals surface area contributed by atoms with Crippen LogP contribution in [0, 0.1) is 0 Å². The van der Waals surface area contributed by atoms with Gasteiger partial charge in [-0.3, -0.25) is 4.79 Å². The van der Waals surface area contributed by atoms with Crippen molar-refractivity contribution in [2.45, 2.75) is 12.8 Å². The van der Waals surface area contributed by atoms with Crippen molar-refractivity contribution in [1.82, 2.24) is 9.88 Å². The smallest absolute Gasteiger partial charge is 0.223 e. The fourth-order valence-electron chi connectivity index (χ4n) is 3.03. The Labute approximate surface area is 142 Å². The molecule has 0 atom stereocenters. The van der Waals surface area contributed by atoms with Gasteiger partial charge < -0.3 is 14.5 Å². The minimum atomic E-state index is 0.210. The molecule has 2 aromatic rings. The zero-order valence-corrected chi connectivity index (χ0v) is 14.0. The molecule has 0 saturated carbocycles. The second kappa shape index (κ2) is 7.81. The van der Waals surface area contributed by atoms with Crippen LogP contribution in [0.3, 0.4) is 0 Å². The highest BCUT2D eigenvalue weighted by atomic mass is 16.5. The summed E-state index contributed by atoms with van der Waals surface area (Å²) in [5.41, 5.74) is 1.08. The van der Waals surface area contributed by atoms with Gasteiger partial charge in [0.15, 0.2) is 0 Å². The van der Waals surface area contributed by atoms with E-state index in [1.54, 1.807) is 13.3 Å². The van der Waals surface area contributed by atoms with Crippen molar-refractivity contribution in [3.05, 3.63) is 54.2 Å². The molecule has 1 aromatic heterocycles. The van der Waals surface area contributed by atoms with Crippen molar-refractivity contribution in [3.8, 4) is 5.75 Å². The number of ether oxygens (including phenoxy) is 1. The van der Waals surface area contributed by atoms with Crippen LogP contribution in [0.15, 0.2) is 48.7 Å². The summed E-state index contributed by atoms with van der Waals surface area (Å²) in [4.78, 5) is 21.0. The fraction of sp³-hybridized carbons (Fsp3) is 0.368. The molecular weight excluding hydrogens is 302 g/mol. The van der Waals surface area contributed by atoms with E-state index in [0.29, 0.717) is 12.8 Å². The number of aryl methyl sites for hydroxylation is 1. The molecule has 3 rings (SSSR count). The molecule has 0 spiro atoms. The van der Waals surface area contributed by atoms with Gasteiger partial charge in [-0.2, -0.15) is 0 Å². The normalized spacial score (nSPS) is 14.5. The highest BCUT2D eigenvalue weighted by Gasteiger charge is 2.21. The number of piperazine rings is 1. The number of nitrogens with zero attached hydrogens (tertiary/aromatic N) is 3. The molecule has 0 radical (unpaired) electrons. The molecule has 24 heavy (non-hydrogen) atoms. The maximum atomic E-state index is 12.5. The number of anilines is 1. The number of aromatic nitrogens is 1. The lowest BCUT2D eigenvalue weighted by Gasteiger charge is -2.35. The Morgan fingerprint density at radius 1 is 1.08 bits per heavy atom. The third kappa shape index (κ3) is 3.85. The van der Waals surface area contributed by atoms with E-state index >= 15 is 0 Å². The molecule has 1 aliphatic rings. The van der Waals surface area contributed by atoms with E-state index in [0.717, 1.165) is 43.3 Å².